The van der Waals surface area contributed by atoms with Gasteiger partial charge in [0.1, 0.15) is 0 Å². The van der Waals surface area contributed by atoms with Gasteiger partial charge in [-0.1, -0.05) is 67.1 Å². The largest absolute Gasteiger partial charge is 0.348 e. The van der Waals surface area contributed by atoms with Crippen LogP contribution in [0.2, 0.25) is 0 Å². The smallest absolute Gasteiger partial charge is 0.234 e. The summed E-state index contributed by atoms with van der Waals surface area (Å²) >= 11 is 0. The Labute approximate surface area is 144 Å². The van der Waals surface area contributed by atoms with Crippen LogP contribution in [-0.4, -0.2) is 30.4 Å². The van der Waals surface area contributed by atoms with Crippen molar-refractivity contribution in [3.63, 3.8) is 0 Å². The van der Waals surface area contributed by atoms with E-state index in [0.717, 1.165) is 25.1 Å². The predicted octanol–water partition coefficient (Wildman–Crippen LogP) is 3.57. The first-order chi connectivity index (χ1) is 11.8. The molecule has 0 bridgehead atoms. The van der Waals surface area contributed by atoms with Crippen LogP contribution in [0.3, 0.4) is 0 Å². The predicted molar refractivity (Wildman–Crippen MR) is 97.8 cm³/mol. The Balaban J connectivity index is 1.66. The highest BCUT2D eigenvalue weighted by Crippen LogP contribution is 2.18. The number of hydrogen-bond acceptors (Lipinski definition) is 2. The van der Waals surface area contributed by atoms with Crippen molar-refractivity contribution < 1.29 is 4.79 Å². The summed E-state index contributed by atoms with van der Waals surface area (Å²) in [7, 11) is 0. The molecule has 2 aromatic rings. The molecule has 1 N–H and O–H groups in total. The van der Waals surface area contributed by atoms with E-state index in [-0.39, 0.29) is 11.9 Å². The molecule has 3 heteroatoms. The fourth-order valence-corrected chi connectivity index (χ4v) is 3.35. The summed E-state index contributed by atoms with van der Waals surface area (Å²) < 4.78 is 0. The Hall–Kier alpha value is -2.13. The second kappa shape index (κ2) is 8.65. The molecule has 24 heavy (non-hydrogen) atoms. The van der Waals surface area contributed by atoms with Crippen molar-refractivity contribution in [2.45, 2.75) is 31.7 Å². The normalized spacial score (nSPS) is 16.5. The number of likely N-dealkylation sites (tertiary alicyclic amines) is 1. The summed E-state index contributed by atoms with van der Waals surface area (Å²) in [6, 6.07) is 20.6. The molecule has 1 atom stereocenters. The number of rotatable bonds is 6. The lowest BCUT2D eigenvalue weighted by Crippen LogP contribution is -2.41. The number of nitrogens with one attached hydrogen (secondary N) is 1. The van der Waals surface area contributed by atoms with Gasteiger partial charge in [-0.2, -0.15) is 0 Å². The summed E-state index contributed by atoms with van der Waals surface area (Å²) in [5.41, 5.74) is 2.40. The number of hydrogen-bond donors (Lipinski definition) is 1. The summed E-state index contributed by atoms with van der Waals surface area (Å²) in [6.45, 7) is 2.60. The molecule has 0 spiro atoms. The lowest BCUT2D eigenvalue weighted by molar-refractivity contribution is -0.123. The lowest BCUT2D eigenvalue weighted by Gasteiger charge is -2.27. The molecule has 3 rings (SSSR count). The molecule has 1 aliphatic heterocycles. The number of piperidine rings is 1. The minimum atomic E-state index is 0.0193. The number of nitrogens with zero attached hydrogens (tertiary/aromatic N) is 1. The monoisotopic (exact) mass is 322 g/mol. The summed E-state index contributed by atoms with van der Waals surface area (Å²) in [5, 5.41) is 3.25. The molecule has 1 amide bonds. The minimum Gasteiger partial charge on any atom is -0.348 e. The third kappa shape index (κ3) is 4.93. The summed E-state index contributed by atoms with van der Waals surface area (Å²) in [5.74, 6) is 0.127. The van der Waals surface area contributed by atoms with Crippen LogP contribution in [0.5, 0.6) is 0 Å². The second-order valence-corrected chi connectivity index (χ2v) is 6.56. The van der Waals surface area contributed by atoms with Gasteiger partial charge < -0.3 is 5.32 Å². The Bertz CT molecular complexity index is 621. The third-order valence-corrected chi connectivity index (χ3v) is 4.64. The van der Waals surface area contributed by atoms with Gasteiger partial charge >= 0.3 is 0 Å². The van der Waals surface area contributed by atoms with Gasteiger partial charge in [-0.15, -0.1) is 0 Å². The standard InChI is InChI=1S/C21H26N2O/c24-21(17-23-14-8-3-9-15-23)22-20(19-12-6-2-7-13-19)16-18-10-4-1-5-11-18/h1-2,4-7,10-13,20H,3,8-9,14-17H2,(H,22,24)/t20-/m1/s1. The Morgan fingerprint density at radius 2 is 1.54 bits per heavy atom. The van der Waals surface area contributed by atoms with E-state index in [9.17, 15) is 4.79 Å². The highest BCUT2D eigenvalue weighted by atomic mass is 16.2. The van der Waals surface area contributed by atoms with Crippen LogP contribution >= 0.6 is 0 Å². The average molecular weight is 322 g/mol. The van der Waals surface area contributed by atoms with Gasteiger partial charge in [-0.25, -0.2) is 0 Å². The molecule has 0 aromatic heterocycles. The molecule has 0 unspecified atom stereocenters. The maximum atomic E-state index is 12.5. The molecule has 0 aliphatic carbocycles. The molecule has 1 fully saturated rings. The first kappa shape index (κ1) is 16.7. The molecular weight excluding hydrogens is 296 g/mol. The molecular formula is C21H26N2O. The van der Waals surface area contributed by atoms with Crippen LogP contribution in [0, 0.1) is 0 Å². The van der Waals surface area contributed by atoms with E-state index >= 15 is 0 Å². The van der Waals surface area contributed by atoms with E-state index in [1.54, 1.807) is 0 Å². The Kier molecular flexibility index (Phi) is 6.02. The topological polar surface area (TPSA) is 32.3 Å². The third-order valence-electron chi connectivity index (χ3n) is 4.64. The van der Waals surface area contributed by atoms with Gasteiger partial charge in [-0.05, 0) is 43.5 Å². The highest BCUT2D eigenvalue weighted by Gasteiger charge is 2.18. The van der Waals surface area contributed by atoms with Crippen LogP contribution in [0.25, 0.3) is 0 Å². The van der Waals surface area contributed by atoms with E-state index in [0.29, 0.717) is 6.54 Å². The first-order valence-corrected chi connectivity index (χ1v) is 8.92. The average Bonchev–Trinajstić information content (AvgIpc) is 2.63. The number of carbonyl (C=O) groups excluding carboxylic acids is 1. The van der Waals surface area contributed by atoms with E-state index < -0.39 is 0 Å². The number of carbonyl (C=O) groups is 1. The van der Waals surface area contributed by atoms with Crippen LogP contribution < -0.4 is 5.32 Å². The van der Waals surface area contributed by atoms with E-state index in [2.05, 4.69) is 34.5 Å². The second-order valence-electron chi connectivity index (χ2n) is 6.56. The van der Waals surface area contributed by atoms with Crippen LogP contribution in [0.1, 0.15) is 36.4 Å². The van der Waals surface area contributed by atoms with Crippen LogP contribution in [0.15, 0.2) is 60.7 Å². The van der Waals surface area contributed by atoms with Crippen LogP contribution in [0.4, 0.5) is 0 Å². The number of benzene rings is 2. The van der Waals surface area contributed by atoms with E-state index in [4.69, 9.17) is 0 Å². The SMILES string of the molecule is O=C(CN1CCCCC1)N[C@H](Cc1ccccc1)c1ccccc1. The molecule has 126 valence electrons. The zero-order chi connectivity index (χ0) is 16.6. The molecule has 2 aromatic carbocycles. The Morgan fingerprint density at radius 1 is 0.917 bits per heavy atom. The van der Waals surface area contributed by atoms with E-state index in [1.165, 1.54) is 24.8 Å². The zero-order valence-electron chi connectivity index (χ0n) is 14.2. The molecule has 1 aliphatic rings. The highest BCUT2D eigenvalue weighted by molar-refractivity contribution is 5.78. The summed E-state index contributed by atoms with van der Waals surface area (Å²) in [6.07, 6.45) is 4.52. The van der Waals surface area contributed by atoms with Gasteiger partial charge in [0.25, 0.3) is 0 Å². The zero-order valence-corrected chi connectivity index (χ0v) is 14.2. The van der Waals surface area contributed by atoms with Crippen molar-refractivity contribution >= 4 is 5.91 Å². The van der Waals surface area contributed by atoms with Crippen LogP contribution in [-0.2, 0) is 11.2 Å². The maximum absolute atomic E-state index is 12.5. The van der Waals surface area contributed by atoms with Gasteiger partial charge in [-0.3, -0.25) is 9.69 Å². The molecule has 0 saturated carbocycles. The number of amides is 1. The van der Waals surface area contributed by atoms with Gasteiger partial charge in [0.15, 0.2) is 0 Å². The van der Waals surface area contributed by atoms with Crippen molar-refractivity contribution in [3.05, 3.63) is 71.8 Å². The molecule has 1 saturated heterocycles. The van der Waals surface area contributed by atoms with Gasteiger partial charge in [0.2, 0.25) is 5.91 Å². The quantitative estimate of drug-likeness (QED) is 0.882. The van der Waals surface area contributed by atoms with E-state index in [1.807, 2.05) is 36.4 Å². The fraction of sp³-hybridized carbons (Fsp3) is 0.381. The Morgan fingerprint density at radius 3 is 2.21 bits per heavy atom. The maximum Gasteiger partial charge on any atom is 0.234 e. The fourth-order valence-electron chi connectivity index (χ4n) is 3.35. The first-order valence-electron chi connectivity index (χ1n) is 8.92. The minimum absolute atomic E-state index is 0.0193. The van der Waals surface area contributed by atoms with Crippen molar-refractivity contribution in [2.75, 3.05) is 19.6 Å². The van der Waals surface area contributed by atoms with Crippen molar-refractivity contribution in [1.82, 2.24) is 10.2 Å². The molecule has 3 nitrogen and oxygen atoms in total. The van der Waals surface area contributed by atoms with Gasteiger partial charge in [0.05, 0.1) is 12.6 Å². The molecule has 1 heterocycles. The summed E-state index contributed by atoms with van der Waals surface area (Å²) in [4.78, 5) is 14.8. The van der Waals surface area contributed by atoms with Crippen molar-refractivity contribution in [2.24, 2.45) is 0 Å². The lowest BCUT2D eigenvalue weighted by atomic mass is 9.99. The van der Waals surface area contributed by atoms with Gasteiger partial charge in [0, 0.05) is 0 Å². The molecule has 0 radical (unpaired) electrons. The van der Waals surface area contributed by atoms with Crippen molar-refractivity contribution in [3.8, 4) is 0 Å². The van der Waals surface area contributed by atoms with Crippen molar-refractivity contribution in [1.29, 1.82) is 0 Å².